The van der Waals surface area contributed by atoms with Crippen molar-refractivity contribution in [2.45, 2.75) is 19.3 Å². The first-order valence-corrected chi connectivity index (χ1v) is 8.86. The molecule has 0 radical (unpaired) electrons. The van der Waals surface area contributed by atoms with E-state index in [1.807, 2.05) is 41.9 Å². The van der Waals surface area contributed by atoms with E-state index < -0.39 is 0 Å². The van der Waals surface area contributed by atoms with Gasteiger partial charge in [-0.05, 0) is 46.6 Å². The molecule has 3 heterocycles. The summed E-state index contributed by atoms with van der Waals surface area (Å²) >= 11 is 5.06. The third kappa shape index (κ3) is 3.63. The van der Waals surface area contributed by atoms with Crippen LogP contribution in [0.15, 0.2) is 40.6 Å². The summed E-state index contributed by atoms with van der Waals surface area (Å²) in [5.41, 5.74) is 8.52. The monoisotopic (exact) mass is 392 g/mol. The summed E-state index contributed by atoms with van der Waals surface area (Å²) in [6, 6.07) is 5.93. The van der Waals surface area contributed by atoms with Gasteiger partial charge in [0.25, 0.3) is 0 Å². The molecule has 3 rings (SSSR count). The molecular formula is C16H17BrN4OS. The van der Waals surface area contributed by atoms with E-state index in [0.29, 0.717) is 13.0 Å². The maximum absolute atomic E-state index is 12.3. The number of hydrogen-bond acceptors (Lipinski definition) is 4. The van der Waals surface area contributed by atoms with Crippen molar-refractivity contribution in [3.8, 4) is 0 Å². The van der Waals surface area contributed by atoms with Crippen LogP contribution in [0.25, 0.3) is 5.65 Å². The second-order valence-corrected chi connectivity index (χ2v) is 7.89. The molecule has 0 bridgehead atoms. The van der Waals surface area contributed by atoms with E-state index in [-0.39, 0.29) is 11.8 Å². The number of amides is 1. The van der Waals surface area contributed by atoms with Crippen LogP contribution < -0.4 is 11.1 Å². The minimum Gasteiger partial charge on any atom is -0.330 e. The highest BCUT2D eigenvalue weighted by Crippen LogP contribution is 2.30. The zero-order valence-electron chi connectivity index (χ0n) is 12.6. The Morgan fingerprint density at radius 3 is 3.04 bits per heavy atom. The molecule has 0 aromatic carbocycles. The molecule has 120 valence electrons. The predicted octanol–water partition coefficient (Wildman–Crippen LogP) is 3.54. The summed E-state index contributed by atoms with van der Waals surface area (Å²) in [4.78, 5) is 17.7. The van der Waals surface area contributed by atoms with Crippen LogP contribution in [0, 0.1) is 6.92 Å². The summed E-state index contributed by atoms with van der Waals surface area (Å²) in [5, 5.41) is 2.96. The number of pyridine rings is 1. The molecule has 0 aliphatic carbocycles. The zero-order valence-corrected chi connectivity index (χ0v) is 15.0. The summed E-state index contributed by atoms with van der Waals surface area (Å²) in [7, 11) is 0. The van der Waals surface area contributed by atoms with Crippen LogP contribution in [0.1, 0.15) is 22.8 Å². The smallest absolute Gasteiger partial charge is 0.225 e. The quantitative estimate of drug-likeness (QED) is 0.697. The van der Waals surface area contributed by atoms with Crippen molar-refractivity contribution in [2.24, 2.45) is 5.73 Å². The van der Waals surface area contributed by atoms with Gasteiger partial charge >= 0.3 is 0 Å². The Labute approximate surface area is 146 Å². The molecule has 0 aliphatic heterocycles. The van der Waals surface area contributed by atoms with E-state index in [4.69, 9.17) is 5.73 Å². The average Bonchev–Trinajstić information content (AvgIpc) is 3.13. The Balaban J connectivity index is 1.72. The number of anilines is 1. The van der Waals surface area contributed by atoms with Crippen molar-refractivity contribution in [1.29, 1.82) is 0 Å². The number of nitrogens with one attached hydrogen (secondary N) is 1. The van der Waals surface area contributed by atoms with Gasteiger partial charge in [0, 0.05) is 42.4 Å². The number of halogens is 1. The molecular weight excluding hydrogens is 376 g/mol. The molecule has 0 spiro atoms. The van der Waals surface area contributed by atoms with E-state index in [1.165, 1.54) is 0 Å². The van der Waals surface area contributed by atoms with Crippen molar-refractivity contribution in [2.75, 3.05) is 11.9 Å². The first kappa shape index (κ1) is 16.2. The Morgan fingerprint density at radius 1 is 1.52 bits per heavy atom. The summed E-state index contributed by atoms with van der Waals surface area (Å²) in [6.07, 6.45) is 5.84. The number of fused-ring (bicyclic) bond motifs is 1. The largest absolute Gasteiger partial charge is 0.330 e. The van der Waals surface area contributed by atoms with Gasteiger partial charge in [-0.3, -0.25) is 4.79 Å². The van der Waals surface area contributed by atoms with Crippen LogP contribution in [-0.2, 0) is 4.79 Å². The lowest BCUT2D eigenvalue weighted by Gasteiger charge is -2.13. The maximum atomic E-state index is 12.3. The lowest BCUT2D eigenvalue weighted by molar-refractivity contribution is -0.116. The molecule has 3 aromatic rings. The van der Waals surface area contributed by atoms with Gasteiger partial charge in [-0.2, -0.15) is 0 Å². The molecule has 5 nitrogen and oxygen atoms in total. The third-order valence-electron chi connectivity index (χ3n) is 3.67. The first-order chi connectivity index (χ1) is 11.1. The highest BCUT2D eigenvalue weighted by atomic mass is 79.9. The van der Waals surface area contributed by atoms with Crippen LogP contribution >= 0.6 is 27.3 Å². The lowest BCUT2D eigenvalue weighted by Crippen LogP contribution is -2.20. The van der Waals surface area contributed by atoms with Gasteiger partial charge in [0.05, 0.1) is 9.47 Å². The van der Waals surface area contributed by atoms with Gasteiger partial charge in [-0.25, -0.2) is 4.98 Å². The fraction of sp³-hybridized carbons (Fsp3) is 0.250. The van der Waals surface area contributed by atoms with Crippen LogP contribution in [0.5, 0.6) is 0 Å². The minimum atomic E-state index is -0.0381. The summed E-state index contributed by atoms with van der Waals surface area (Å²) < 4.78 is 2.95. The number of nitrogens with zero attached hydrogens (tertiary/aromatic N) is 2. The molecule has 1 unspecified atom stereocenters. The normalized spacial score (nSPS) is 12.5. The molecule has 0 fully saturated rings. The predicted molar refractivity (Wildman–Crippen MR) is 97.0 cm³/mol. The fourth-order valence-electron chi connectivity index (χ4n) is 2.56. The van der Waals surface area contributed by atoms with Crippen LogP contribution in [-0.4, -0.2) is 21.8 Å². The van der Waals surface area contributed by atoms with Crippen molar-refractivity contribution in [3.63, 3.8) is 0 Å². The van der Waals surface area contributed by atoms with Crippen LogP contribution in [0.4, 0.5) is 5.69 Å². The molecule has 0 saturated carbocycles. The highest BCUT2D eigenvalue weighted by molar-refractivity contribution is 9.11. The molecule has 3 N–H and O–H groups in total. The number of rotatable bonds is 5. The molecule has 7 heteroatoms. The molecule has 1 amide bonds. The van der Waals surface area contributed by atoms with Gasteiger partial charge in [-0.15, -0.1) is 11.3 Å². The molecule has 23 heavy (non-hydrogen) atoms. The van der Waals surface area contributed by atoms with E-state index in [1.54, 1.807) is 17.5 Å². The lowest BCUT2D eigenvalue weighted by atomic mass is 10.0. The van der Waals surface area contributed by atoms with E-state index in [0.717, 1.165) is 25.6 Å². The number of aryl methyl sites for hydroxylation is 1. The number of nitrogens with two attached hydrogens (primary N) is 1. The summed E-state index contributed by atoms with van der Waals surface area (Å²) in [6.45, 7) is 2.42. The third-order valence-corrected chi connectivity index (χ3v) is 5.45. The highest BCUT2D eigenvalue weighted by Gasteiger charge is 2.17. The number of imidazole rings is 1. The number of hydrogen-bond donors (Lipinski definition) is 2. The minimum absolute atomic E-state index is 0.0318. The van der Waals surface area contributed by atoms with Gasteiger partial charge in [-0.1, -0.05) is 0 Å². The molecule has 0 aliphatic rings. The zero-order chi connectivity index (χ0) is 16.4. The van der Waals surface area contributed by atoms with E-state index >= 15 is 0 Å². The van der Waals surface area contributed by atoms with Crippen molar-refractivity contribution in [1.82, 2.24) is 9.38 Å². The Kier molecular flexibility index (Phi) is 4.79. The maximum Gasteiger partial charge on any atom is 0.225 e. The molecule has 0 saturated heterocycles. The average molecular weight is 393 g/mol. The topological polar surface area (TPSA) is 72.4 Å². The second kappa shape index (κ2) is 6.82. The van der Waals surface area contributed by atoms with Gasteiger partial charge in [0.1, 0.15) is 5.65 Å². The number of carbonyl (C=O) groups excluding carboxylic acids is 1. The van der Waals surface area contributed by atoms with E-state index in [2.05, 4.69) is 26.2 Å². The standard InChI is InChI=1S/C16H17BrN4OS/c1-10-6-12(9-21-5-4-19-16(10)21)20-15(22)7-11(8-18)13-2-3-14(17)23-13/h2-6,9,11H,7-8,18H2,1H3,(H,20,22). The van der Waals surface area contributed by atoms with Crippen LogP contribution in [0.2, 0.25) is 0 Å². The Hall–Kier alpha value is -1.70. The van der Waals surface area contributed by atoms with Gasteiger partial charge in [0.15, 0.2) is 0 Å². The second-order valence-electron chi connectivity index (χ2n) is 5.40. The SMILES string of the molecule is Cc1cc(NC(=O)CC(CN)c2ccc(Br)s2)cn2ccnc12. The Bertz CT molecular complexity index is 842. The van der Waals surface area contributed by atoms with Crippen molar-refractivity contribution < 1.29 is 4.79 Å². The van der Waals surface area contributed by atoms with Crippen LogP contribution in [0.3, 0.4) is 0 Å². The number of aromatic nitrogens is 2. The van der Waals surface area contributed by atoms with Crippen molar-refractivity contribution in [3.05, 3.63) is 51.0 Å². The summed E-state index contributed by atoms with van der Waals surface area (Å²) in [5.74, 6) is -0.00629. The van der Waals surface area contributed by atoms with Gasteiger partial charge in [0.2, 0.25) is 5.91 Å². The number of carbonyl (C=O) groups is 1. The van der Waals surface area contributed by atoms with Crippen molar-refractivity contribution >= 4 is 44.5 Å². The molecule has 3 aromatic heterocycles. The first-order valence-electron chi connectivity index (χ1n) is 7.25. The fourth-order valence-corrected chi connectivity index (χ4v) is 4.10. The Morgan fingerprint density at radius 2 is 2.35 bits per heavy atom. The van der Waals surface area contributed by atoms with Gasteiger partial charge < -0.3 is 15.5 Å². The van der Waals surface area contributed by atoms with E-state index in [9.17, 15) is 4.79 Å². The molecule has 1 atom stereocenters. The number of thiophene rings is 1.